The average Bonchev–Trinajstić information content (AvgIpc) is 3.00. The second-order valence-electron chi connectivity index (χ2n) is 5.22. The molecule has 6 nitrogen and oxygen atoms in total. The van der Waals surface area contributed by atoms with Crippen LogP contribution in [0.4, 0.5) is 0 Å². The third-order valence-electron chi connectivity index (χ3n) is 3.62. The first kappa shape index (κ1) is 16.3. The fourth-order valence-electron chi connectivity index (χ4n) is 2.51. The zero-order chi connectivity index (χ0) is 17.8. The fraction of sp³-hybridized carbons (Fsp3) is 0.105. The molecule has 0 saturated carbocycles. The summed E-state index contributed by atoms with van der Waals surface area (Å²) in [4.78, 5) is 16.8. The van der Waals surface area contributed by atoms with Crippen LogP contribution in [0.1, 0.15) is 23.0 Å². The van der Waals surface area contributed by atoms with Crippen LogP contribution >= 0.6 is 0 Å². The summed E-state index contributed by atoms with van der Waals surface area (Å²) in [5.74, 6) is -0.502. The fourth-order valence-corrected chi connectivity index (χ4v) is 2.51. The SMILES string of the molecule is CCOC(=O)c1c(-c2ccccc2)nc(-c2cccc(C#N)c2)n1O. The maximum atomic E-state index is 12.3. The Morgan fingerprint density at radius 3 is 2.60 bits per heavy atom. The van der Waals surface area contributed by atoms with E-state index in [-0.39, 0.29) is 18.1 Å². The van der Waals surface area contributed by atoms with Gasteiger partial charge in [-0.05, 0) is 19.1 Å². The van der Waals surface area contributed by atoms with Crippen molar-refractivity contribution in [2.45, 2.75) is 6.92 Å². The highest BCUT2D eigenvalue weighted by molar-refractivity contribution is 5.95. The number of benzene rings is 2. The lowest BCUT2D eigenvalue weighted by Gasteiger charge is -2.05. The summed E-state index contributed by atoms with van der Waals surface area (Å²) >= 11 is 0. The maximum Gasteiger partial charge on any atom is 0.360 e. The summed E-state index contributed by atoms with van der Waals surface area (Å²) in [6.45, 7) is 1.87. The van der Waals surface area contributed by atoms with E-state index in [9.17, 15) is 10.0 Å². The number of hydrogen-bond donors (Lipinski definition) is 1. The van der Waals surface area contributed by atoms with Crippen molar-refractivity contribution < 1.29 is 14.7 Å². The number of nitrogens with zero attached hydrogens (tertiary/aromatic N) is 3. The number of ether oxygens (including phenoxy) is 1. The van der Waals surface area contributed by atoms with Crippen LogP contribution in [-0.2, 0) is 4.74 Å². The van der Waals surface area contributed by atoms with Crippen molar-refractivity contribution in [1.29, 1.82) is 5.26 Å². The third kappa shape index (κ3) is 3.08. The van der Waals surface area contributed by atoms with Gasteiger partial charge in [-0.2, -0.15) is 9.99 Å². The molecule has 0 amide bonds. The molecule has 0 fully saturated rings. The van der Waals surface area contributed by atoms with Crippen LogP contribution in [0.25, 0.3) is 22.6 Å². The predicted octanol–water partition coefficient (Wildman–Crippen LogP) is 3.50. The van der Waals surface area contributed by atoms with E-state index in [2.05, 4.69) is 4.98 Å². The Morgan fingerprint density at radius 1 is 1.20 bits per heavy atom. The van der Waals surface area contributed by atoms with Crippen molar-refractivity contribution in [3.63, 3.8) is 0 Å². The first-order chi connectivity index (χ1) is 12.2. The van der Waals surface area contributed by atoms with Gasteiger partial charge in [-0.1, -0.05) is 42.5 Å². The Hall–Kier alpha value is -3.59. The van der Waals surface area contributed by atoms with Crippen LogP contribution in [0.2, 0.25) is 0 Å². The van der Waals surface area contributed by atoms with Gasteiger partial charge in [0, 0.05) is 11.1 Å². The van der Waals surface area contributed by atoms with Crippen LogP contribution in [0.15, 0.2) is 54.6 Å². The summed E-state index contributed by atoms with van der Waals surface area (Å²) in [5.41, 5.74) is 1.90. The molecule has 1 N–H and O–H groups in total. The summed E-state index contributed by atoms with van der Waals surface area (Å²) < 4.78 is 5.77. The Labute approximate surface area is 144 Å². The number of hydrogen-bond acceptors (Lipinski definition) is 5. The van der Waals surface area contributed by atoms with Gasteiger partial charge in [0.15, 0.2) is 11.5 Å². The molecule has 0 unspecified atom stereocenters. The smallest absolute Gasteiger partial charge is 0.360 e. The van der Waals surface area contributed by atoms with Crippen molar-refractivity contribution >= 4 is 5.97 Å². The van der Waals surface area contributed by atoms with E-state index in [4.69, 9.17) is 10.00 Å². The van der Waals surface area contributed by atoms with E-state index in [1.54, 1.807) is 43.3 Å². The van der Waals surface area contributed by atoms with Crippen molar-refractivity contribution in [3.8, 4) is 28.7 Å². The molecule has 0 spiro atoms. The number of nitriles is 1. The van der Waals surface area contributed by atoms with Gasteiger partial charge in [0.25, 0.3) is 0 Å². The molecular formula is C19H15N3O3. The van der Waals surface area contributed by atoms with Gasteiger partial charge in [-0.25, -0.2) is 9.78 Å². The van der Waals surface area contributed by atoms with E-state index >= 15 is 0 Å². The van der Waals surface area contributed by atoms with Crippen molar-refractivity contribution in [1.82, 2.24) is 9.71 Å². The summed E-state index contributed by atoms with van der Waals surface area (Å²) in [6, 6.07) is 17.8. The number of carbonyl (C=O) groups excluding carboxylic acids is 1. The van der Waals surface area contributed by atoms with Gasteiger partial charge >= 0.3 is 5.97 Å². The standard InChI is InChI=1S/C19H15N3O3/c1-2-25-19(23)17-16(14-8-4-3-5-9-14)21-18(22(17)24)15-10-6-7-13(11-15)12-20/h3-11,24H,2H2,1H3. The van der Waals surface area contributed by atoms with E-state index in [0.29, 0.717) is 22.4 Å². The normalized spacial score (nSPS) is 10.2. The molecule has 124 valence electrons. The van der Waals surface area contributed by atoms with E-state index in [0.717, 1.165) is 4.73 Å². The number of aromatic nitrogens is 2. The summed E-state index contributed by atoms with van der Waals surface area (Å²) in [7, 11) is 0. The highest BCUT2D eigenvalue weighted by atomic mass is 16.5. The molecule has 1 heterocycles. The van der Waals surface area contributed by atoms with Crippen molar-refractivity contribution in [2.24, 2.45) is 0 Å². The zero-order valence-corrected chi connectivity index (χ0v) is 13.5. The molecule has 2 aromatic carbocycles. The Bertz CT molecular complexity index is 956. The first-order valence-corrected chi connectivity index (χ1v) is 7.70. The quantitative estimate of drug-likeness (QED) is 0.583. The van der Waals surface area contributed by atoms with Crippen LogP contribution in [-0.4, -0.2) is 27.5 Å². The lowest BCUT2D eigenvalue weighted by atomic mass is 10.1. The minimum Gasteiger partial charge on any atom is -0.461 e. The molecule has 0 atom stereocenters. The van der Waals surface area contributed by atoms with Crippen LogP contribution in [0, 0.1) is 11.3 Å². The minimum absolute atomic E-state index is 0.0505. The third-order valence-corrected chi connectivity index (χ3v) is 3.62. The Kier molecular flexibility index (Phi) is 4.48. The lowest BCUT2D eigenvalue weighted by molar-refractivity contribution is 0.0479. The van der Waals surface area contributed by atoms with Gasteiger partial charge in [-0.15, -0.1) is 0 Å². The predicted molar refractivity (Wildman–Crippen MR) is 91.0 cm³/mol. The second kappa shape index (κ2) is 6.89. The van der Waals surface area contributed by atoms with E-state index < -0.39 is 5.97 Å². The molecule has 0 saturated heterocycles. The van der Waals surface area contributed by atoms with Crippen LogP contribution < -0.4 is 0 Å². The van der Waals surface area contributed by atoms with Gasteiger partial charge in [0.05, 0.1) is 18.2 Å². The van der Waals surface area contributed by atoms with Gasteiger partial charge in [0.1, 0.15) is 5.69 Å². The molecule has 6 heteroatoms. The van der Waals surface area contributed by atoms with Gasteiger partial charge in [-0.3, -0.25) is 0 Å². The minimum atomic E-state index is -0.668. The van der Waals surface area contributed by atoms with Crippen molar-refractivity contribution in [2.75, 3.05) is 6.61 Å². The lowest BCUT2D eigenvalue weighted by Crippen LogP contribution is -2.12. The highest BCUT2D eigenvalue weighted by Gasteiger charge is 2.26. The maximum absolute atomic E-state index is 12.3. The summed E-state index contributed by atoms with van der Waals surface area (Å²) in [5, 5.41) is 19.6. The van der Waals surface area contributed by atoms with Crippen LogP contribution in [0.3, 0.4) is 0 Å². The molecule has 25 heavy (non-hydrogen) atoms. The van der Waals surface area contributed by atoms with E-state index in [1.807, 2.05) is 24.3 Å². The molecule has 0 aliphatic heterocycles. The molecule has 0 radical (unpaired) electrons. The topological polar surface area (TPSA) is 88.1 Å². The number of carbonyl (C=O) groups is 1. The Balaban J connectivity index is 2.21. The molecule has 0 aliphatic rings. The molecule has 0 bridgehead atoms. The molecule has 0 aliphatic carbocycles. The van der Waals surface area contributed by atoms with Crippen LogP contribution in [0.5, 0.6) is 0 Å². The number of rotatable bonds is 4. The second-order valence-corrected chi connectivity index (χ2v) is 5.22. The Morgan fingerprint density at radius 2 is 1.92 bits per heavy atom. The zero-order valence-electron chi connectivity index (χ0n) is 13.5. The largest absolute Gasteiger partial charge is 0.461 e. The monoisotopic (exact) mass is 333 g/mol. The van der Waals surface area contributed by atoms with Gasteiger partial charge in [0.2, 0.25) is 0 Å². The van der Waals surface area contributed by atoms with Crippen molar-refractivity contribution in [3.05, 3.63) is 65.9 Å². The average molecular weight is 333 g/mol. The van der Waals surface area contributed by atoms with Gasteiger partial charge < -0.3 is 9.94 Å². The number of imidazole rings is 1. The molecule has 3 aromatic rings. The summed E-state index contributed by atoms with van der Waals surface area (Å²) in [6.07, 6.45) is 0. The molecule has 1 aromatic heterocycles. The molecular weight excluding hydrogens is 318 g/mol. The molecule has 3 rings (SSSR count). The number of esters is 1. The van der Waals surface area contributed by atoms with E-state index in [1.165, 1.54) is 0 Å². The highest BCUT2D eigenvalue weighted by Crippen LogP contribution is 2.29. The first-order valence-electron chi connectivity index (χ1n) is 7.70.